The largest absolute Gasteiger partial charge is 0.307 e. The zero-order valence-corrected chi connectivity index (χ0v) is 10.1. The maximum Gasteiger partial charge on any atom is 0.276 e. The first-order valence-corrected chi connectivity index (χ1v) is 5.45. The molecule has 1 aliphatic heterocycles. The van der Waals surface area contributed by atoms with Gasteiger partial charge in [-0.05, 0) is 42.9 Å². The molecule has 92 valence electrons. The minimum Gasteiger partial charge on any atom is -0.307 e. The third-order valence-electron chi connectivity index (χ3n) is 3.21. The van der Waals surface area contributed by atoms with Gasteiger partial charge in [0.2, 0.25) is 0 Å². The molecule has 2 N–H and O–H groups in total. The van der Waals surface area contributed by atoms with Gasteiger partial charge >= 0.3 is 0 Å². The lowest BCUT2D eigenvalue weighted by Gasteiger charge is -2.23. The van der Waals surface area contributed by atoms with E-state index in [4.69, 9.17) is 0 Å². The Labute approximate surface area is 99.1 Å². The van der Waals surface area contributed by atoms with Crippen molar-refractivity contribution in [3.05, 3.63) is 35.6 Å². The van der Waals surface area contributed by atoms with Gasteiger partial charge in [-0.2, -0.15) is 0 Å². The molecule has 0 amide bonds. The molecule has 2 rings (SSSR count). The van der Waals surface area contributed by atoms with E-state index < -0.39 is 11.7 Å². The van der Waals surface area contributed by atoms with Crippen LogP contribution in [-0.4, -0.2) is 37.6 Å². The van der Waals surface area contributed by atoms with E-state index in [1.807, 2.05) is 0 Å². The van der Waals surface area contributed by atoms with Gasteiger partial charge in [0, 0.05) is 12.5 Å². The van der Waals surface area contributed by atoms with Gasteiger partial charge in [0.05, 0.1) is 0 Å². The second kappa shape index (κ2) is 3.78. The number of benzene rings is 1. The highest BCUT2D eigenvalue weighted by molar-refractivity contribution is 6.03. The normalized spacial score (nSPS) is 24.4. The fraction of sp³-hybridized carbons (Fsp3) is 0.417. The summed E-state index contributed by atoms with van der Waals surface area (Å²) < 4.78 is 13.9. The van der Waals surface area contributed by atoms with Crippen molar-refractivity contribution >= 4 is 5.71 Å². The van der Waals surface area contributed by atoms with Gasteiger partial charge in [-0.3, -0.25) is 5.21 Å². The number of hydroxylamine groups is 3. The van der Waals surface area contributed by atoms with Crippen molar-refractivity contribution in [2.45, 2.75) is 32.5 Å². The van der Waals surface area contributed by atoms with Gasteiger partial charge < -0.3 is 5.21 Å². The Morgan fingerprint density at radius 3 is 2.24 bits per heavy atom. The van der Waals surface area contributed by atoms with Gasteiger partial charge in [-0.15, -0.1) is 5.06 Å². The SMILES string of the molecule is CC1N(O)C(C)(C)C(c2ccc(F)cc2)=[N+]1O. The van der Waals surface area contributed by atoms with Crippen molar-refractivity contribution in [2.75, 3.05) is 0 Å². The Morgan fingerprint density at radius 1 is 1.29 bits per heavy atom. The highest BCUT2D eigenvalue weighted by Crippen LogP contribution is 2.28. The standard InChI is InChI=1S/C12H16FN2O2/c1-8-14(16)11(12(2,3)15(8)17)9-4-6-10(13)7-5-9/h4-8,16-17H,1-3H3/q+1. The molecule has 1 unspecified atom stereocenters. The lowest BCUT2D eigenvalue weighted by Crippen LogP contribution is -2.45. The summed E-state index contributed by atoms with van der Waals surface area (Å²) in [4.78, 5) is 0. The Hall–Kier alpha value is -1.46. The molecule has 0 spiro atoms. The number of hydrogen-bond acceptors (Lipinski definition) is 3. The van der Waals surface area contributed by atoms with E-state index in [1.165, 1.54) is 12.1 Å². The molecule has 0 saturated carbocycles. The summed E-state index contributed by atoms with van der Waals surface area (Å²) >= 11 is 0. The molecule has 1 aromatic carbocycles. The van der Waals surface area contributed by atoms with Gasteiger partial charge in [-0.1, -0.05) is 0 Å². The van der Waals surface area contributed by atoms with Crippen LogP contribution in [-0.2, 0) is 0 Å². The first-order valence-electron chi connectivity index (χ1n) is 5.45. The minimum atomic E-state index is -0.730. The van der Waals surface area contributed by atoms with E-state index in [0.29, 0.717) is 11.3 Å². The third-order valence-corrected chi connectivity index (χ3v) is 3.21. The molecule has 0 aromatic heterocycles. The van der Waals surface area contributed by atoms with Crippen LogP contribution in [0.15, 0.2) is 24.3 Å². The summed E-state index contributed by atoms with van der Waals surface area (Å²) in [5.74, 6) is -0.330. The van der Waals surface area contributed by atoms with E-state index in [2.05, 4.69) is 0 Å². The Bertz CT molecular complexity index is 468. The van der Waals surface area contributed by atoms with Crippen molar-refractivity contribution in [3.63, 3.8) is 0 Å². The molecule has 0 fully saturated rings. The van der Waals surface area contributed by atoms with Crippen LogP contribution < -0.4 is 0 Å². The summed E-state index contributed by atoms with van der Waals surface area (Å²) in [6, 6.07) is 5.83. The summed E-state index contributed by atoms with van der Waals surface area (Å²) in [6.07, 6.45) is -0.537. The van der Waals surface area contributed by atoms with Crippen LogP contribution in [0, 0.1) is 5.82 Å². The van der Waals surface area contributed by atoms with Crippen LogP contribution in [0.25, 0.3) is 0 Å². The minimum absolute atomic E-state index is 0.330. The van der Waals surface area contributed by atoms with Gasteiger partial charge in [0.15, 0.2) is 0 Å². The molecule has 17 heavy (non-hydrogen) atoms. The molecule has 4 nitrogen and oxygen atoms in total. The molecular weight excluding hydrogens is 223 g/mol. The second-order valence-corrected chi connectivity index (χ2v) is 4.74. The average Bonchev–Trinajstić information content (AvgIpc) is 2.42. The first kappa shape index (κ1) is 12.0. The van der Waals surface area contributed by atoms with Crippen molar-refractivity contribution < 1.29 is 19.5 Å². The van der Waals surface area contributed by atoms with E-state index in [-0.39, 0.29) is 5.82 Å². The van der Waals surface area contributed by atoms with Crippen LogP contribution in [0.2, 0.25) is 0 Å². The Kier molecular flexibility index (Phi) is 2.67. The zero-order chi connectivity index (χ0) is 12.8. The zero-order valence-electron chi connectivity index (χ0n) is 10.1. The highest BCUT2D eigenvalue weighted by Gasteiger charge is 2.53. The first-order chi connectivity index (χ1) is 7.85. The lowest BCUT2D eigenvalue weighted by atomic mass is 9.93. The summed E-state index contributed by atoms with van der Waals surface area (Å²) in [6.45, 7) is 5.26. The van der Waals surface area contributed by atoms with E-state index >= 15 is 0 Å². The predicted molar refractivity (Wildman–Crippen MR) is 59.7 cm³/mol. The molecule has 0 aliphatic carbocycles. The second-order valence-electron chi connectivity index (χ2n) is 4.74. The highest BCUT2D eigenvalue weighted by atomic mass is 19.1. The summed E-state index contributed by atoms with van der Waals surface area (Å²) in [5, 5.41) is 21.0. The quantitative estimate of drug-likeness (QED) is 0.580. The van der Waals surface area contributed by atoms with Gasteiger partial charge in [0.1, 0.15) is 11.4 Å². The number of halogens is 1. The molecule has 1 atom stereocenters. The number of nitrogens with zero attached hydrogens (tertiary/aromatic N) is 2. The average molecular weight is 239 g/mol. The predicted octanol–water partition coefficient (Wildman–Crippen LogP) is 1.85. The Morgan fingerprint density at radius 2 is 1.82 bits per heavy atom. The smallest absolute Gasteiger partial charge is 0.276 e. The Balaban J connectivity index is 2.53. The maximum atomic E-state index is 12.9. The summed E-state index contributed by atoms with van der Waals surface area (Å²) in [7, 11) is 0. The van der Waals surface area contributed by atoms with Crippen LogP contribution >= 0.6 is 0 Å². The van der Waals surface area contributed by atoms with Crippen LogP contribution in [0.1, 0.15) is 26.3 Å². The fourth-order valence-electron chi connectivity index (χ4n) is 2.24. The van der Waals surface area contributed by atoms with Crippen LogP contribution in [0.4, 0.5) is 4.39 Å². The van der Waals surface area contributed by atoms with Gasteiger partial charge in [0.25, 0.3) is 11.9 Å². The molecular formula is C12H16FN2O2+. The summed E-state index contributed by atoms with van der Waals surface area (Å²) in [5.41, 5.74) is 0.501. The number of rotatable bonds is 1. The molecule has 5 heteroatoms. The topological polar surface area (TPSA) is 46.7 Å². The monoisotopic (exact) mass is 239 g/mol. The molecule has 1 aliphatic rings. The van der Waals surface area contributed by atoms with Crippen molar-refractivity contribution in [1.82, 2.24) is 5.06 Å². The van der Waals surface area contributed by atoms with E-state index in [0.717, 1.165) is 9.80 Å². The van der Waals surface area contributed by atoms with Crippen molar-refractivity contribution in [3.8, 4) is 0 Å². The molecule has 0 saturated heterocycles. The van der Waals surface area contributed by atoms with Crippen LogP contribution in [0.3, 0.4) is 0 Å². The third kappa shape index (κ3) is 1.71. The van der Waals surface area contributed by atoms with Crippen molar-refractivity contribution in [1.29, 1.82) is 0 Å². The van der Waals surface area contributed by atoms with Crippen molar-refractivity contribution in [2.24, 2.45) is 0 Å². The van der Waals surface area contributed by atoms with E-state index in [9.17, 15) is 14.8 Å². The molecule has 1 aromatic rings. The maximum absolute atomic E-state index is 12.9. The van der Waals surface area contributed by atoms with Crippen LogP contribution in [0.5, 0.6) is 0 Å². The molecule has 0 radical (unpaired) electrons. The number of hydrogen-bond donors (Lipinski definition) is 2. The van der Waals surface area contributed by atoms with E-state index in [1.54, 1.807) is 32.9 Å². The molecule has 1 heterocycles. The fourth-order valence-corrected chi connectivity index (χ4v) is 2.24. The molecule has 0 bridgehead atoms. The lowest BCUT2D eigenvalue weighted by molar-refractivity contribution is -0.807. The van der Waals surface area contributed by atoms with Gasteiger partial charge in [-0.25, -0.2) is 4.39 Å².